The number of aryl methyl sites for hydroxylation is 1. The van der Waals surface area contributed by atoms with Crippen LogP contribution in [0.25, 0.3) is 0 Å². The zero-order valence-electron chi connectivity index (χ0n) is 7.88. The van der Waals surface area contributed by atoms with Crippen LogP contribution in [0, 0.1) is 6.92 Å². The molecule has 0 saturated carbocycles. The third-order valence-corrected chi connectivity index (χ3v) is 1.95. The maximum atomic E-state index is 8.64. The Morgan fingerprint density at radius 3 is 2.77 bits per heavy atom. The number of hydrogen-bond donors (Lipinski definition) is 3. The van der Waals surface area contributed by atoms with Crippen LogP contribution in [-0.4, -0.2) is 18.3 Å². The molecule has 0 amide bonds. The molecule has 0 fully saturated rings. The molecule has 0 aliphatic carbocycles. The van der Waals surface area contributed by atoms with Crippen LogP contribution in [0.5, 0.6) is 0 Å². The summed E-state index contributed by atoms with van der Waals surface area (Å²) in [6.07, 6.45) is 0. The van der Waals surface area contributed by atoms with E-state index in [1.54, 1.807) is 0 Å². The second-order valence-corrected chi connectivity index (χ2v) is 3.00. The van der Waals surface area contributed by atoms with Crippen LogP contribution in [-0.2, 0) is 6.54 Å². The number of hydrogen-bond acceptors (Lipinski definition) is 3. The van der Waals surface area contributed by atoms with Gasteiger partial charge >= 0.3 is 0 Å². The first-order valence-corrected chi connectivity index (χ1v) is 4.42. The van der Waals surface area contributed by atoms with Crippen LogP contribution in [0.1, 0.15) is 11.1 Å². The predicted molar refractivity (Wildman–Crippen MR) is 54.6 cm³/mol. The van der Waals surface area contributed by atoms with Gasteiger partial charge in [0.2, 0.25) is 0 Å². The predicted octanol–water partition coefficient (Wildman–Crippen LogP) is 0.858. The molecule has 1 aromatic carbocycles. The lowest BCUT2D eigenvalue weighted by atomic mass is 10.1. The van der Waals surface area contributed by atoms with Crippen molar-refractivity contribution in [1.82, 2.24) is 0 Å². The summed E-state index contributed by atoms with van der Waals surface area (Å²) in [6, 6.07) is 6.04. The minimum atomic E-state index is 0.151. The molecule has 0 heterocycles. The molecule has 0 bridgehead atoms. The molecule has 1 rings (SSSR count). The average Bonchev–Trinajstić information content (AvgIpc) is 2.16. The van der Waals surface area contributed by atoms with Crippen molar-refractivity contribution in [2.75, 3.05) is 18.5 Å². The van der Waals surface area contributed by atoms with E-state index in [2.05, 4.69) is 11.4 Å². The standard InChI is InChI=1S/C10H16N2O/c1-8-6-9(7-11)2-3-10(8)12-4-5-13/h2-3,6,12-13H,4-5,7,11H2,1H3. The first-order valence-electron chi connectivity index (χ1n) is 4.42. The smallest absolute Gasteiger partial charge is 0.0604 e. The Kier molecular flexibility index (Phi) is 3.73. The monoisotopic (exact) mass is 180 g/mol. The fraction of sp³-hybridized carbons (Fsp3) is 0.400. The lowest BCUT2D eigenvalue weighted by Gasteiger charge is -2.09. The molecule has 0 aromatic heterocycles. The van der Waals surface area contributed by atoms with E-state index in [0.29, 0.717) is 13.1 Å². The highest BCUT2D eigenvalue weighted by molar-refractivity contribution is 5.51. The van der Waals surface area contributed by atoms with Gasteiger partial charge in [-0.1, -0.05) is 12.1 Å². The van der Waals surface area contributed by atoms with E-state index >= 15 is 0 Å². The van der Waals surface area contributed by atoms with Crippen molar-refractivity contribution in [2.45, 2.75) is 13.5 Å². The normalized spacial score (nSPS) is 10.1. The molecular weight excluding hydrogens is 164 g/mol. The molecule has 0 unspecified atom stereocenters. The van der Waals surface area contributed by atoms with Crippen molar-refractivity contribution in [3.05, 3.63) is 29.3 Å². The van der Waals surface area contributed by atoms with E-state index in [-0.39, 0.29) is 6.61 Å². The number of aliphatic hydroxyl groups excluding tert-OH is 1. The van der Waals surface area contributed by atoms with Crippen LogP contribution < -0.4 is 11.1 Å². The van der Waals surface area contributed by atoms with E-state index in [1.807, 2.05) is 19.1 Å². The summed E-state index contributed by atoms with van der Waals surface area (Å²) < 4.78 is 0. The van der Waals surface area contributed by atoms with Crippen LogP contribution in [0.4, 0.5) is 5.69 Å². The first kappa shape index (κ1) is 10.0. The summed E-state index contributed by atoms with van der Waals surface area (Å²) >= 11 is 0. The number of anilines is 1. The zero-order valence-corrected chi connectivity index (χ0v) is 7.88. The zero-order chi connectivity index (χ0) is 9.68. The molecule has 0 saturated heterocycles. The van der Waals surface area contributed by atoms with Gasteiger partial charge in [0.05, 0.1) is 6.61 Å². The van der Waals surface area contributed by atoms with Crippen molar-refractivity contribution in [3.8, 4) is 0 Å². The first-order chi connectivity index (χ1) is 6.27. The molecular formula is C10H16N2O. The summed E-state index contributed by atoms with van der Waals surface area (Å²) in [5.41, 5.74) is 8.86. The number of nitrogens with one attached hydrogen (secondary N) is 1. The van der Waals surface area contributed by atoms with Crippen LogP contribution >= 0.6 is 0 Å². The Bertz CT molecular complexity index is 274. The Hall–Kier alpha value is -1.06. The lowest BCUT2D eigenvalue weighted by Crippen LogP contribution is -2.07. The highest BCUT2D eigenvalue weighted by atomic mass is 16.3. The average molecular weight is 180 g/mol. The van der Waals surface area contributed by atoms with Gasteiger partial charge in [-0.2, -0.15) is 0 Å². The minimum absolute atomic E-state index is 0.151. The molecule has 0 aliphatic rings. The van der Waals surface area contributed by atoms with Gasteiger partial charge in [-0.3, -0.25) is 0 Å². The van der Waals surface area contributed by atoms with E-state index in [0.717, 1.165) is 16.8 Å². The van der Waals surface area contributed by atoms with Gasteiger partial charge in [0.25, 0.3) is 0 Å². The van der Waals surface area contributed by atoms with Crippen molar-refractivity contribution in [3.63, 3.8) is 0 Å². The molecule has 0 aliphatic heterocycles. The Morgan fingerprint density at radius 2 is 2.23 bits per heavy atom. The van der Waals surface area contributed by atoms with Crippen LogP contribution in [0.2, 0.25) is 0 Å². The fourth-order valence-corrected chi connectivity index (χ4v) is 1.24. The van der Waals surface area contributed by atoms with Crippen molar-refractivity contribution < 1.29 is 5.11 Å². The van der Waals surface area contributed by atoms with E-state index < -0.39 is 0 Å². The quantitative estimate of drug-likeness (QED) is 0.644. The van der Waals surface area contributed by atoms with Gasteiger partial charge in [0, 0.05) is 18.8 Å². The fourth-order valence-electron chi connectivity index (χ4n) is 1.24. The third-order valence-electron chi connectivity index (χ3n) is 1.95. The minimum Gasteiger partial charge on any atom is -0.395 e. The number of benzene rings is 1. The largest absolute Gasteiger partial charge is 0.395 e. The number of rotatable bonds is 4. The summed E-state index contributed by atoms with van der Waals surface area (Å²) in [6.45, 7) is 3.33. The van der Waals surface area contributed by atoms with Crippen LogP contribution in [0.3, 0.4) is 0 Å². The van der Waals surface area contributed by atoms with Crippen LogP contribution in [0.15, 0.2) is 18.2 Å². The van der Waals surface area contributed by atoms with Crippen molar-refractivity contribution in [1.29, 1.82) is 0 Å². The number of aliphatic hydroxyl groups is 1. The van der Waals surface area contributed by atoms with Crippen molar-refractivity contribution in [2.24, 2.45) is 5.73 Å². The summed E-state index contributed by atoms with van der Waals surface area (Å²) in [5.74, 6) is 0. The van der Waals surface area contributed by atoms with Gasteiger partial charge < -0.3 is 16.2 Å². The van der Waals surface area contributed by atoms with Gasteiger partial charge in [0.15, 0.2) is 0 Å². The third kappa shape index (κ3) is 2.72. The van der Waals surface area contributed by atoms with E-state index in [9.17, 15) is 0 Å². The molecule has 13 heavy (non-hydrogen) atoms. The molecule has 0 radical (unpaired) electrons. The number of nitrogens with two attached hydrogens (primary N) is 1. The van der Waals surface area contributed by atoms with Gasteiger partial charge in [-0.05, 0) is 24.1 Å². The molecule has 4 N–H and O–H groups in total. The highest BCUT2D eigenvalue weighted by Crippen LogP contribution is 2.15. The molecule has 0 spiro atoms. The highest BCUT2D eigenvalue weighted by Gasteiger charge is 1.97. The Morgan fingerprint density at radius 1 is 1.46 bits per heavy atom. The second-order valence-electron chi connectivity index (χ2n) is 3.00. The SMILES string of the molecule is Cc1cc(CN)ccc1NCCO. The van der Waals surface area contributed by atoms with Gasteiger partial charge in [-0.15, -0.1) is 0 Å². The van der Waals surface area contributed by atoms with Gasteiger partial charge in [0.1, 0.15) is 0 Å². The Labute approximate surface area is 78.6 Å². The molecule has 3 heteroatoms. The van der Waals surface area contributed by atoms with E-state index in [4.69, 9.17) is 10.8 Å². The lowest BCUT2D eigenvalue weighted by molar-refractivity contribution is 0.311. The summed E-state index contributed by atoms with van der Waals surface area (Å²) in [5, 5.41) is 11.8. The summed E-state index contributed by atoms with van der Waals surface area (Å²) in [4.78, 5) is 0. The molecule has 72 valence electrons. The Balaban J connectivity index is 2.73. The molecule has 3 nitrogen and oxygen atoms in total. The molecule has 0 atom stereocenters. The summed E-state index contributed by atoms with van der Waals surface area (Å²) in [7, 11) is 0. The van der Waals surface area contributed by atoms with Crippen molar-refractivity contribution >= 4 is 5.69 Å². The topological polar surface area (TPSA) is 58.3 Å². The second kappa shape index (κ2) is 4.84. The maximum Gasteiger partial charge on any atom is 0.0604 e. The molecule has 1 aromatic rings. The van der Waals surface area contributed by atoms with E-state index in [1.165, 1.54) is 0 Å². The maximum absolute atomic E-state index is 8.64. The van der Waals surface area contributed by atoms with Gasteiger partial charge in [-0.25, -0.2) is 0 Å².